The van der Waals surface area contributed by atoms with Crippen LogP contribution in [0.25, 0.3) is 10.9 Å². The van der Waals surface area contributed by atoms with Crippen molar-refractivity contribution in [1.82, 2.24) is 24.9 Å². The van der Waals surface area contributed by atoms with Gasteiger partial charge in [-0.2, -0.15) is 0 Å². The van der Waals surface area contributed by atoms with E-state index in [1.165, 1.54) is 0 Å². The monoisotopic (exact) mass is 325 g/mol. The van der Waals surface area contributed by atoms with Crippen LogP contribution in [0.5, 0.6) is 0 Å². The first-order chi connectivity index (χ1) is 11.6. The number of aromatic amines is 1. The molecule has 0 radical (unpaired) electrons. The Morgan fingerprint density at radius 3 is 2.92 bits per heavy atom. The highest BCUT2D eigenvalue weighted by Gasteiger charge is 2.29. The zero-order chi connectivity index (χ0) is 16.7. The largest absolute Gasteiger partial charge is 0.387 e. The van der Waals surface area contributed by atoms with Crippen molar-refractivity contribution in [2.24, 2.45) is 0 Å². The number of H-pyrrole nitrogens is 1. The molecular formula is C17H19N5O2. The van der Waals surface area contributed by atoms with E-state index >= 15 is 0 Å². The fraction of sp³-hybridized carbons (Fsp3) is 0.353. The maximum Gasteiger partial charge on any atom is 0.252 e. The number of likely N-dealkylation sites (tertiary alicyclic amines) is 1. The van der Waals surface area contributed by atoms with Gasteiger partial charge in [0.05, 0.1) is 18.3 Å². The number of para-hydroxylation sites is 1. The normalized spacial score (nSPS) is 17.1. The predicted octanol–water partition coefficient (Wildman–Crippen LogP) is 1.23. The Kier molecular flexibility index (Phi) is 3.66. The van der Waals surface area contributed by atoms with Crippen molar-refractivity contribution in [3.63, 3.8) is 0 Å². The van der Waals surface area contributed by atoms with Crippen LogP contribution in [0.3, 0.4) is 0 Å². The fourth-order valence-corrected chi connectivity index (χ4v) is 3.05. The van der Waals surface area contributed by atoms with Crippen LogP contribution < -0.4 is 5.56 Å². The molecule has 0 amide bonds. The third-order valence-electron chi connectivity index (χ3n) is 4.49. The van der Waals surface area contributed by atoms with E-state index in [0.717, 1.165) is 29.6 Å². The molecule has 7 nitrogen and oxygen atoms in total. The lowest BCUT2D eigenvalue weighted by Gasteiger charge is -2.38. The van der Waals surface area contributed by atoms with Gasteiger partial charge in [-0.1, -0.05) is 23.4 Å². The second kappa shape index (κ2) is 5.85. The highest BCUT2D eigenvalue weighted by molar-refractivity contribution is 5.78. The Balaban J connectivity index is 1.44. The summed E-state index contributed by atoms with van der Waals surface area (Å²) in [4.78, 5) is 17.3. The molecule has 7 heteroatoms. The van der Waals surface area contributed by atoms with Gasteiger partial charge in [0.25, 0.3) is 5.56 Å². The summed E-state index contributed by atoms with van der Waals surface area (Å²) in [7, 11) is 0. The molecular weight excluding hydrogens is 306 g/mol. The van der Waals surface area contributed by atoms with E-state index in [4.69, 9.17) is 0 Å². The first-order valence-corrected chi connectivity index (χ1v) is 8.03. The molecule has 0 spiro atoms. The van der Waals surface area contributed by atoms with Gasteiger partial charge in [0, 0.05) is 30.7 Å². The summed E-state index contributed by atoms with van der Waals surface area (Å²) >= 11 is 0. The zero-order valence-electron chi connectivity index (χ0n) is 13.4. The SMILES string of the molecule is CC(O)c1cn(C2CN(Cc3cc4ccccc4[nH]c3=O)C2)nn1. The Bertz CT molecular complexity index is 924. The number of benzene rings is 1. The van der Waals surface area contributed by atoms with Crippen LogP contribution >= 0.6 is 0 Å². The van der Waals surface area contributed by atoms with Crippen LogP contribution in [-0.2, 0) is 6.54 Å². The maximum atomic E-state index is 12.2. The molecule has 3 heterocycles. The van der Waals surface area contributed by atoms with Gasteiger partial charge in [0.15, 0.2) is 0 Å². The smallest absolute Gasteiger partial charge is 0.252 e. The van der Waals surface area contributed by atoms with Gasteiger partial charge < -0.3 is 10.1 Å². The van der Waals surface area contributed by atoms with E-state index in [1.54, 1.807) is 17.8 Å². The number of aliphatic hydroxyl groups excluding tert-OH is 1. The molecule has 1 aliphatic heterocycles. The number of rotatable bonds is 4. The molecule has 3 aromatic rings. The van der Waals surface area contributed by atoms with Gasteiger partial charge >= 0.3 is 0 Å². The van der Waals surface area contributed by atoms with Gasteiger partial charge in [-0.15, -0.1) is 5.10 Å². The van der Waals surface area contributed by atoms with Gasteiger partial charge in [0.2, 0.25) is 0 Å². The maximum absolute atomic E-state index is 12.2. The van der Waals surface area contributed by atoms with Crippen molar-refractivity contribution in [1.29, 1.82) is 0 Å². The number of hydrogen-bond donors (Lipinski definition) is 2. The van der Waals surface area contributed by atoms with Crippen LogP contribution in [0.2, 0.25) is 0 Å². The molecule has 0 saturated carbocycles. The first-order valence-electron chi connectivity index (χ1n) is 8.03. The molecule has 2 aromatic heterocycles. The minimum Gasteiger partial charge on any atom is -0.387 e. The van der Waals surface area contributed by atoms with Crippen molar-refractivity contribution in [2.75, 3.05) is 13.1 Å². The summed E-state index contributed by atoms with van der Waals surface area (Å²) in [6.07, 6.45) is 1.18. The Morgan fingerprint density at radius 2 is 2.17 bits per heavy atom. The van der Waals surface area contributed by atoms with Gasteiger partial charge in [0.1, 0.15) is 5.69 Å². The van der Waals surface area contributed by atoms with E-state index in [2.05, 4.69) is 20.2 Å². The quantitative estimate of drug-likeness (QED) is 0.753. The van der Waals surface area contributed by atoms with Gasteiger partial charge in [-0.25, -0.2) is 4.68 Å². The highest BCUT2D eigenvalue weighted by Crippen LogP contribution is 2.23. The van der Waals surface area contributed by atoms with Crippen LogP contribution in [0, 0.1) is 0 Å². The highest BCUT2D eigenvalue weighted by atomic mass is 16.3. The van der Waals surface area contributed by atoms with Crippen LogP contribution in [0.1, 0.15) is 30.3 Å². The van der Waals surface area contributed by atoms with Crippen LogP contribution in [-0.4, -0.2) is 43.1 Å². The van der Waals surface area contributed by atoms with E-state index < -0.39 is 6.10 Å². The number of aromatic nitrogens is 4. The molecule has 1 aromatic carbocycles. The third kappa shape index (κ3) is 2.72. The molecule has 24 heavy (non-hydrogen) atoms. The molecule has 1 atom stereocenters. The minimum atomic E-state index is -0.605. The third-order valence-corrected chi connectivity index (χ3v) is 4.49. The van der Waals surface area contributed by atoms with E-state index in [-0.39, 0.29) is 11.6 Å². The topological polar surface area (TPSA) is 87.0 Å². The number of hydrogen-bond acceptors (Lipinski definition) is 5. The Morgan fingerprint density at radius 1 is 1.38 bits per heavy atom. The Hall–Kier alpha value is -2.51. The second-order valence-corrected chi connectivity index (χ2v) is 6.36. The molecule has 2 N–H and O–H groups in total. The van der Waals surface area contributed by atoms with Crippen LogP contribution in [0.15, 0.2) is 41.3 Å². The molecule has 124 valence electrons. The zero-order valence-corrected chi connectivity index (χ0v) is 13.4. The molecule has 0 bridgehead atoms. The summed E-state index contributed by atoms with van der Waals surface area (Å²) in [5, 5.41) is 18.6. The molecule has 4 rings (SSSR count). The summed E-state index contributed by atoms with van der Waals surface area (Å²) in [6.45, 7) is 3.92. The van der Waals surface area contributed by atoms with E-state index in [1.807, 2.05) is 30.3 Å². The van der Waals surface area contributed by atoms with Crippen molar-refractivity contribution in [2.45, 2.75) is 25.6 Å². The lowest BCUT2D eigenvalue weighted by Crippen LogP contribution is -2.47. The molecule has 1 aliphatic rings. The molecule has 0 aliphatic carbocycles. The number of pyridine rings is 1. The number of nitrogens with zero attached hydrogens (tertiary/aromatic N) is 4. The lowest BCUT2D eigenvalue weighted by molar-refractivity contribution is 0.0892. The number of fused-ring (bicyclic) bond motifs is 1. The van der Waals surface area contributed by atoms with Crippen molar-refractivity contribution in [3.05, 3.63) is 58.1 Å². The Labute approximate surface area is 138 Å². The van der Waals surface area contributed by atoms with Crippen LogP contribution in [0.4, 0.5) is 0 Å². The first kappa shape index (κ1) is 15.0. The summed E-state index contributed by atoms with van der Waals surface area (Å²) in [5.74, 6) is 0. The summed E-state index contributed by atoms with van der Waals surface area (Å²) in [6, 6.07) is 9.99. The van der Waals surface area contributed by atoms with E-state index in [0.29, 0.717) is 12.2 Å². The van der Waals surface area contributed by atoms with Crippen molar-refractivity contribution < 1.29 is 5.11 Å². The molecule has 1 unspecified atom stereocenters. The van der Waals surface area contributed by atoms with Gasteiger partial charge in [-0.3, -0.25) is 9.69 Å². The second-order valence-electron chi connectivity index (χ2n) is 6.36. The van der Waals surface area contributed by atoms with Crippen molar-refractivity contribution >= 4 is 10.9 Å². The minimum absolute atomic E-state index is 0.0331. The average Bonchev–Trinajstić information content (AvgIpc) is 3.00. The molecule has 1 fully saturated rings. The fourth-order valence-electron chi connectivity index (χ4n) is 3.05. The summed E-state index contributed by atoms with van der Waals surface area (Å²) in [5.41, 5.74) is 2.19. The van der Waals surface area contributed by atoms with Crippen molar-refractivity contribution in [3.8, 4) is 0 Å². The summed E-state index contributed by atoms with van der Waals surface area (Å²) < 4.78 is 1.79. The predicted molar refractivity (Wildman–Crippen MR) is 89.5 cm³/mol. The average molecular weight is 325 g/mol. The molecule has 1 saturated heterocycles. The lowest BCUT2D eigenvalue weighted by atomic mass is 10.1. The van der Waals surface area contributed by atoms with E-state index in [9.17, 15) is 9.90 Å². The van der Waals surface area contributed by atoms with Gasteiger partial charge in [-0.05, 0) is 24.4 Å². The standard InChI is InChI=1S/C17H19N5O2/c1-11(23)16-10-22(20-19-16)14-8-21(9-14)7-13-6-12-4-2-3-5-15(12)18-17(13)24/h2-6,10-11,14,23H,7-9H2,1H3,(H,18,24). The number of nitrogens with one attached hydrogen (secondary N) is 1. The number of aliphatic hydroxyl groups is 1.